The van der Waals surface area contributed by atoms with Crippen LogP contribution >= 0.6 is 0 Å². The summed E-state index contributed by atoms with van der Waals surface area (Å²) in [5, 5.41) is 26.4. The normalized spacial score (nSPS) is 18.8. The largest absolute Gasteiger partial charge is 0.395 e. The maximum absolute atomic E-state index is 12.2. The van der Waals surface area contributed by atoms with Crippen molar-refractivity contribution in [3.63, 3.8) is 0 Å². The highest BCUT2D eigenvalue weighted by Crippen LogP contribution is 2.16. The van der Waals surface area contributed by atoms with Crippen LogP contribution < -0.4 is 0 Å². The van der Waals surface area contributed by atoms with E-state index in [2.05, 4.69) is 0 Å². The van der Waals surface area contributed by atoms with Crippen molar-refractivity contribution in [2.75, 3.05) is 32.8 Å². The van der Waals surface area contributed by atoms with Crippen molar-refractivity contribution < 1.29 is 9.90 Å². The Kier molecular flexibility index (Phi) is 6.88. The smallest absolute Gasteiger partial charge is 0.236 e. The molecule has 6 nitrogen and oxygen atoms in total. The summed E-state index contributed by atoms with van der Waals surface area (Å²) in [6.07, 6.45) is 2.47. The molecular formula is C13H20N4O2. The van der Waals surface area contributed by atoms with Gasteiger partial charge in [-0.25, -0.2) is 0 Å². The Hall–Kier alpha value is -1.63. The van der Waals surface area contributed by atoms with Crippen LogP contribution in [0.2, 0.25) is 0 Å². The van der Waals surface area contributed by atoms with Crippen molar-refractivity contribution in [3.05, 3.63) is 0 Å². The van der Waals surface area contributed by atoms with Crippen molar-refractivity contribution in [1.29, 1.82) is 10.5 Å². The lowest BCUT2D eigenvalue weighted by molar-refractivity contribution is -0.132. The monoisotopic (exact) mass is 264 g/mol. The number of rotatable bonds is 7. The van der Waals surface area contributed by atoms with Crippen LogP contribution in [0.1, 0.15) is 25.7 Å². The Labute approximate surface area is 113 Å². The van der Waals surface area contributed by atoms with E-state index in [1.807, 2.05) is 17.0 Å². The van der Waals surface area contributed by atoms with E-state index < -0.39 is 0 Å². The lowest BCUT2D eigenvalue weighted by atomic mass is 10.2. The molecule has 0 radical (unpaired) electrons. The van der Waals surface area contributed by atoms with Gasteiger partial charge in [0.2, 0.25) is 5.91 Å². The van der Waals surface area contributed by atoms with Crippen molar-refractivity contribution >= 4 is 5.91 Å². The summed E-state index contributed by atoms with van der Waals surface area (Å²) in [5.74, 6) is -0.0640. The molecule has 1 N–H and O–H groups in total. The van der Waals surface area contributed by atoms with Crippen LogP contribution in [-0.2, 0) is 4.79 Å². The standard InChI is InChI=1S/C13H20N4O2/c14-5-2-8-16(9-3-6-15)13(19)10-17-7-1-4-12(17)11-18/h12,18H,1-4,7-11H2/t12-/m0/s1. The first-order valence-electron chi connectivity index (χ1n) is 6.59. The fraction of sp³-hybridized carbons (Fsp3) is 0.769. The van der Waals surface area contributed by atoms with E-state index >= 15 is 0 Å². The predicted octanol–water partition coefficient (Wildman–Crippen LogP) is 0.0991. The van der Waals surface area contributed by atoms with Gasteiger partial charge in [0.05, 0.1) is 38.1 Å². The molecule has 1 heterocycles. The second-order valence-corrected chi connectivity index (χ2v) is 4.65. The SMILES string of the molecule is N#CCCN(CCC#N)C(=O)CN1CCC[C@H]1CO. The van der Waals surface area contributed by atoms with Gasteiger partial charge in [0.25, 0.3) is 0 Å². The number of likely N-dealkylation sites (tertiary alicyclic amines) is 1. The van der Waals surface area contributed by atoms with Gasteiger partial charge in [0.1, 0.15) is 0 Å². The molecule has 0 aromatic carbocycles. The number of aliphatic hydroxyl groups is 1. The third-order valence-electron chi connectivity index (χ3n) is 3.39. The van der Waals surface area contributed by atoms with Crippen LogP contribution in [0.4, 0.5) is 0 Å². The third kappa shape index (κ3) is 4.86. The highest BCUT2D eigenvalue weighted by atomic mass is 16.3. The first-order chi connectivity index (χ1) is 9.22. The molecular weight excluding hydrogens is 244 g/mol. The van der Waals surface area contributed by atoms with Crippen LogP contribution in [0.5, 0.6) is 0 Å². The van der Waals surface area contributed by atoms with Gasteiger partial charge in [-0.1, -0.05) is 0 Å². The van der Waals surface area contributed by atoms with Gasteiger partial charge in [-0.05, 0) is 19.4 Å². The van der Waals surface area contributed by atoms with E-state index in [-0.39, 0.29) is 37.9 Å². The van der Waals surface area contributed by atoms with Crippen LogP contribution in [-0.4, -0.2) is 59.6 Å². The molecule has 1 saturated heterocycles. The molecule has 1 fully saturated rings. The first-order valence-corrected chi connectivity index (χ1v) is 6.59. The lowest BCUT2D eigenvalue weighted by Crippen LogP contribution is -2.43. The number of amides is 1. The first kappa shape index (κ1) is 15.4. The van der Waals surface area contributed by atoms with Crippen molar-refractivity contribution in [1.82, 2.24) is 9.80 Å². The fourth-order valence-electron chi connectivity index (χ4n) is 2.31. The number of nitriles is 2. The molecule has 19 heavy (non-hydrogen) atoms. The fourth-order valence-corrected chi connectivity index (χ4v) is 2.31. The summed E-state index contributed by atoms with van der Waals surface area (Å²) in [6.45, 7) is 1.90. The van der Waals surface area contributed by atoms with Crippen LogP contribution in [0.25, 0.3) is 0 Å². The molecule has 6 heteroatoms. The number of nitrogens with zero attached hydrogens (tertiary/aromatic N) is 4. The average Bonchev–Trinajstić information content (AvgIpc) is 2.86. The van der Waals surface area contributed by atoms with Gasteiger partial charge >= 0.3 is 0 Å². The van der Waals surface area contributed by atoms with Gasteiger partial charge in [0.15, 0.2) is 0 Å². The van der Waals surface area contributed by atoms with E-state index in [1.54, 1.807) is 4.90 Å². The summed E-state index contributed by atoms with van der Waals surface area (Å²) < 4.78 is 0. The molecule has 0 aromatic rings. The molecule has 1 atom stereocenters. The van der Waals surface area contributed by atoms with E-state index in [4.69, 9.17) is 10.5 Å². The molecule has 1 amide bonds. The molecule has 0 bridgehead atoms. The molecule has 1 aliphatic rings. The van der Waals surface area contributed by atoms with Gasteiger partial charge in [-0.2, -0.15) is 10.5 Å². The van der Waals surface area contributed by atoms with E-state index in [0.29, 0.717) is 13.1 Å². The number of carbonyl (C=O) groups excluding carboxylic acids is 1. The molecule has 0 spiro atoms. The van der Waals surface area contributed by atoms with Crippen molar-refractivity contribution in [2.45, 2.75) is 31.7 Å². The summed E-state index contributed by atoms with van der Waals surface area (Å²) >= 11 is 0. The topological polar surface area (TPSA) is 91.4 Å². The third-order valence-corrected chi connectivity index (χ3v) is 3.39. The molecule has 104 valence electrons. The summed E-state index contributed by atoms with van der Waals surface area (Å²) in [4.78, 5) is 15.7. The second kappa shape index (κ2) is 8.47. The zero-order valence-electron chi connectivity index (χ0n) is 11.1. The van der Waals surface area contributed by atoms with Crippen LogP contribution in [0.15, 0.2) is 0 Å². The Bertz CT molecular complexity index is 354. The number of hydrogen-bond acceptors (Lipinski definition) is 5. The zero-order valence-corrected chi connectivity index (χ0v) is 11.1. The maximum atomic E-state index is 12.2. The summed E-state index contributed by atoms with van der Waals surface area (Å²) in [5.41, 5.74) is 0. The van der Waals surface area contributed by atoms with Crippen LogP contribution in [0.3, 0.4) is 0 Å². The zero-order chi connectivity index (χ0) is 14.1. The van der Waals surface area contributed by atoms with Crippen LogP contribution in [0, 0.1) is 22.7 Å². The predicted molar refractivity (Wildman–Crippen MR) is 68.7 cm³/mol. The lowest BCUT2D eigenvalue weighted by Gasteiger charge is -2.26. The van der Waals surface area contributed by atoms with Gasteiger partial charge in [-0.3, -0.25) is 9.69 Å². The van der Waals surface area contributed by atoms with E-state index in [1.165, 1.54) is 0 Å². The quantitative estimate of drug-likeness (QED) is 0.704. The Morgan fingerprint density at radius 1 is 1.32 bits per heavy atom. The van der Waals surface area contributed by atoms with E-state index in [9.17, 15) is 9.90 Å². The van der Waals surface area contributed by atoms with Gasteiger partial charge in [0, 0.05) is 19.1 Å². The number of hydrogen-bond donors (Lipinski definition) is 1. The number of carbonyl (C=O) groups is 1. The van der Waals surface area contributed by atoms with Crippen molar-refractivity contribution in [3.8, 4) is 12.1 Å². The Balaban J connectivity index is 2.50. The molecule has 1 aliphatic heterocycles. The Morgan fingerprint density at radius 2 is 1.95 bits per heavy atom. The Morgan fingerprint density at radius 3 is 2.47 bits per heavy atom. The molecule has 0 unspecified atom stereocenters. The minimum Gasteiger partial charge on any atom is -0.395 e. The average molecular weight is 264 g/mol. The summed E-state index contributed by atoms with van der Waals surface area (Å²) in [6, 6.07) is 4.09. The molecule has 1 rings (SSSR count). The second-order valence-electron chi connectivity index (χ2n) is 4.65. The minimum absolute atomic E-state index is 0.0640. The minimum atomic E-state index is -0.0640. The van der Waals surface area contributed by atoms with Gasteiger partial charge in [-0.15, -0.1) is 0 Å². The van der Waals surface area contributed by atoms with Gasteiger partial charge < -0.3 is 10.0 Å². The summed E-state index contributed by atoms with van der Waals surface area (Å²) in [7, 11) is 0. The van der Waals surface area contributed by atoms with Crippen molar-refractivity contribution in [2.24, 2.45) is 0 Å². The highest BCUT2D eigenvalue weighted by Gasteiger charge is 2.27. The molecule has 0 aromatic heterocycles. The number of aliphatic hydroxyl groups excluding tert-OH is 1. The highest BCUT2D eigenvalue weighted by molar-refractivity contribution is 5.78. The molecule has 0 aliphatic carbocycles. The maximum Gasteiger partial charge on any atom is 0.236 e. The van der Waals surface area contributed by atoms with E-state index in [0.717, 1.165) is 19.4 Å². The molecule has 0 saturated carbocycles.